The molecule has 0 radical (unpaired) electrons. The predicted molar refractivity (Wildman–Crippen MR) is 234 cm³/mol. The van der Waals surface area contributed by atoms with Crippen LogP contribution in [0.5, 0.6) is 5.75 Å². The van der Waals surface area contributed by atoms with Gasteiger partial charge in [0.05, 0.1) is 77.8 Å². The number of pyridine rings is 2. The number of hydrogen-bond acceptors (Lipinski definition) is 11. The number of ketones is 1. The van der Waals surface area contributed by atoms with Gasteiger partial charge in [-0.25, -0.2) is 28.1 Å². The number of thiazole rings is 1. The number of rotatable bonds is 10. The fraction of sp³-hybridized carbons (Fsp3) is 0.200. The van der Waals surface area contributed by atoms with Crippen molar-refractivity contribution in [1.82, 2.24) is 24.5 Å². The van der Waals surface area contributed by atoms with E-state index in [9.17, 15) is 4.79 Å². The summed E-state index contributed by atoms with van der Waals surface area (Å²) in [5.74, 6) is -3.64. The molecule has 3 aromatic carbocycles. The highest BCUT2D eigenvalue weighted by Crippen LogP contribution is 2.41. The Kier molecular flexibility index (Phi) is 10.5. The zero-order valence-corrected chi connectivity index (χ0v) is 34.6. The third-order valence-electron chi connectivity index (χ3n) is 11.1. The first-order valence-electron chi connectivity index (χ1n) is 19.8. The van der Waals surface area contributed by atoms with Gasteiger partial charge in [0.25, 0.3) is 0 Å². The van der Waals surface area contributed by atoms with E-state index in [-0.39, 0.29) is 22.6 Å². The average Bonchev–Trinajstić information content (AvgIpc) is 4.04. The Balaban J connectivity index is 1.05. The van der Waals surface area contributed by atoms with E-state index in [1.54, 1.807) is 36.9 Å². The summed E-state index contributed by atoms with van der Waals surface area (Å²) < 4.78 is 64.8. The molecule has 0 saturated carbocycles. The topological polar surface area (TPSA) is 123 Å². The molecule has 0 amide bonds. The zero-order chi connectivity index (χ0) is 42.5. The number of carbonyl (C=O) groups excluding carboxylic acids is 1. The standard InChI is InChI=1S/C45H36ClF3N8O4S/c1-59-42-29(32-22-51-43-30(32)16-27(21-50-43)54-26-5-6-38(34(46)17-26)55-7-11-60-12-8-55)18-28(19-37(42)49)57-24-33(41(58)40-35(47)3-2-4-36(40)48)31-15-25(20-52-44(31)57)39-23-53-45(62-39)56-9-13-61-14-10-56/h2-6,15-24,54H,7-14H2,1H3,(H,50,51). The highest BCUT2D eigenvalue weighted by molar-refractivity contribution is 7.18. The van der Waals surface area contributed by atoms with Gasteiger partial charge in [-0.1, -0.05) is 29.0 Å². The van der Waals surface area contributed by atoms with Crippen molar-refractivity contribution in [2.24, 2.45) is 0 Å². The van der Waals surface area contributed by atoms with Crippen molar-refractivity contribution in [3.8, 4) is 33.0 Å². The third kappa shape index (κ3) is 7.27. The lowest BCUT2D eigenvalue weighted by Crippen LogP contribution is -2.36. The van der Waals surface area contributed by atoms with Crippen LogP contribution in [0.2, 0.25) is 5.02 Å². The van der Waals surface area contributed by atoms with Crippen LogP contribution in [-0.4, -0.2) is 90.0 Å². The Labute approximate surface area is 361 Å². The summed E-state index contributed by atoms with van der Waals surface area (Å²) in [7, 11) is 1.38. The molecule has 0 unspecified atom stereocenters. The summed E-state index contributed by atoms with van der Waals surface area (Å²) in [5.41, 5.74) is 4.25. The highest BCUT2D eigenvalue weighted by Gasteiger charge is 2.27. The number of aromatic amines is 1. The summed E-state index contributed by atoms with van der Waals surface area (Å²) in [6, 6.07) is 15.6. The summed E-state index contributed by atoms with van der Waals surface area (Å²) in [5, 5.41) is 5.76. The van der Waals surface area contributed by atoms with E-state index < -0.39 is 28.8 Å². The summed E-state index contributed by atoms with van der Waals surface area (Å²) >= 11 is 8.19. The fourth-order valence-electron chi connectivity index (χ4n) is 8.00. The zero-order valence-electron chi connectivity index (χ0n) is 33.1. The lowest BCUT2D eigenvalue weighted by Gasteiger charge is -2.29. The van der Waals surface area contributed by atoms with Crippen LogP contribution in [0.15, 0.2) is 91.6 Å². The molecule has 8 aromatic rings. The van der Waals surface area contributed by atoms with Crippen LogP contribution in [0, 0.1) is 17.5 Å². The van der Waals surface area contributed by atoms with Crippen LogP contribution in [-0.2, 0) is 9.47 Å². The van der Waals surface area contributed by atoms with Crippen molar-refractivity contribution in [1.29, 1.82) is 0 Å². The molecule has 12 nitrogen and oxygen atoms in total. The SMILES string of the molecule is COc1c(F)cc(-n2cc(C(=O)c3c(F)cccc3F)c3cc(-c4cnc(N5CCOCC5)s4)cnc32)cc1-c1c[nH]c2ncc(Nc3ccc(N4CCOCC4)c(Cl)c3)cc12. The van der Waals surface area contributed by atoms with Crippen LogP contribution in [0.1, 0.15) is 15.9 Å². The molecule has 0 atom stereocenters. The maximum atomic E-state index is 16.3. The number of morpholine rings is 2. The third-order valence-corrected chi connectivity index (χ3v) is 12.5. The Morgan fingerprint density at radius 3 is 2.32 bits per heavy atom. The van der Waals surface area contributed by atoms with E-state index in [0.717, 1.165) is 46.6 Å². The van der Waals surface area contributed by atoms with Gasteiger partial charge in [-0.3, -0.25) is 4.79 Å². The quantitative estimate of drug-likeness (QED) is 0.129. The van der Waals surface area contributed by atoms with E-state index in [0.29, 0.717) is 83.3 Å². The van der Waals surface area contributed by atoms with Crippen molar-refractivity contribution in [3.63, 3.8) is 0 Å². The van der Waals surface area contributed by atoms with E-state index >= 15 is 13.2 Å². The molecule has 7 heterocycles. The minimum absolute atomic E-state index is 0.0286. The first kappa shape index (κ1) is 39.7. The molecule has 2 saturated heterocycles. The number of nitrogens with zero attached hydrogens (tertiary/aromatic N) is 6. The predicted octanol–water partition coefficient (Wildman–Crippen LogP) is 9.42. The Bertz CT molecular complexity index is 3000. The number of fused-ring (bicyclic) bond motifs is 2. The summed E-state index contributed by atoms with van der Waals surface area (Å²) in [6.45, 7) is 5.38. The van der Waals surface area contributed by atoms with E-state index in [2.05, 4.69) is 30.1 Å². The van der Waals surface area contributed by atoms with Crippen molar-refractivity contribution >= 4 is 73.0 Å². The number of anilines is 4. The van der Waals surface area contributed by atoms with E-state index in [4.69, 9.17) is 30.8 Å². The van der Waals surface area contributed by atoms with Crippen molar-refractivity contribution in [2.45, 2.75) is 0 Å². The number of carbonyl (C=O) groups is 1. The lowest BCUT2D eigenvalue weighted by atomic mass is 10.0. The number of benzene rings is 3. The van der Waals surface area contributed by atoms with Crippen molar-refractivity contribution < 1.29 is 32.2 Å². The summed E-state index contributed by atoms with van der Waals surface area (Å²) in [4.78, 5) is 36.5. The first-order chi connectivity index (χ1) is 30.2. The molecule has 62 heavy (non-hydrogen) atoms. The van der Waals surface area contributed by atoms with Crippen molar-refractivity contribution in [3.05, 3.63) is 125 Å². The highest BCUT2D eigenvalue weighted by atomic mass is 35.5. The molecule has 2 aliphatic rings. The molecule has 314 valence electrons. The Hall–Kier alpha value is -6.46. The number of H-pyrrole nitrogens is 1. The first-order valence-corrected chi connectivity index (χ1v) is 21.0. The molecule has 5 aromatic heterocycles. The maximum absolute atomic E-state index is 16.3. The number of ether oxygens (including phenoxy) is 3. The van der Waals surface area contributed by atoms with Crippen LogP contribution >= 0.6 is 22.9 Å². The maximum Gasteiger partial charge on any atom is 0.201 e. The number of aromatic nitrogens is 5. The lowest BCUT2D eigenvalue weighted by molar-refractivity contribution is 0.103. The van der Waals surface area contributed by atoms with E-state index in [1.165, 1.54) is 41.3 Å². The van der Waals surface area contributed by atoms with Crippen LogP contribution in [0.3, 0.4) is 0 Å². The second kappa shape index (κ2) is 16.4. The van der Waals surface area contributed by atoms with Gasteiger partial charge in [-0.05, 0) is 48.5 Å². The molecule has 2 aliphatic heterocycles. The normalized spacial score (nSPS) is 14.5. The number of nitrogens with one attached hydrogen (secondary N) is 2. The van der Waals surface area contributed by atoms with Gasteiger partial charge in [0.15, 0.2) is 16.7 Å². The molecule has 17 heteroatoms. The van der Waals surface area contributed by atoms with Gasteiger partial charge in [0.1, 0.15) is 22.9 Å². The van der Waals surface area contributed by atoms with Gasteiger partial charge >= 0.3 is 0 Å². The smallest absolute Gasteiger partial charge is 0.201 e. The molecule has 2 N–H and O–H groups in total. The largest absolute Gasteiger partial charge is 0.493 e. The molecule has 0 aliphatic carbocycles. The van der Waals surface area contributed by atoms with Gasteiger partial charge < -0.3 is 38.9 Å². The molecule has 0 bridgehead atoms. The molecule has 0 spiro atoms. The summed E-state index contributed by atoms with van der Waals surface area (Å²) in [6.07, 6.45) is 8.19. The Morgan fingerprint density at radius 2 is 1.58 bits per heavy atom. The second-order valence-electron chi connectivity index (χ2n) is 14.8. The van der Waals surface area contributed by atoms with Gasteiger partial charge in [0, 0.05) is 90.2 Å². The van der Waals surface area contributed by atoms with Gasteiger partial charge in [-0.15, -0.1) is 0 Å². The second-order valence-corrected chi connectivity index (χ2v) is 16.2. The Morgan fingerprint density at radius 1 is 0.823 bits per heavy atom. The monoisotopic (exact) mass is 876 g/mol. The van der Waals surface area contributed by atoms with Crippen LogP contribution < -0.4 is 19.9 Å². The minimum atomic E-state index is -1.01. The molecular weight excluding hydrogens is 841 g/mol. The van der Waals surface area contributed by atoms with Gasteiger partial charge in [0.2, 0.25) is 5.78 Å². The average molecular weight is 877 g/mol. The molecule has 10 rings (SSSR count). The van der Waals surface area contributed by atoms with E-state index in [1.807, 2.05) is 24.3 Å². The number of methoxy groups -OCH3 is 1. The molecule has 2 fully saturated rings. The van der Waals surface area contributed by atoms with Crippen LogP contribution in [0.25, 0.3) is 49.3 Å². The van der Waals surface area contributed by atoms with Gasteiger partial charge in [-0.2, -0.15) is 0 Å². The van der Waals surface area contributed by atoms with Crippen LogP contribution in [0.4, 0.5) is 35.4 Å². The molecular formula is C45H36ClF3N8O4S. The number of hydrogen-bond donors (Lipinski definition) is 2. The fourth-order valence-corrected chi connectivity index (χ4v) is 9.25. The number of halogens is 4. The minimum Gasteiger partial charge on any atom is -0.493 e. The van der Waals surface area contributed by atoms with Crippen molar-refractivity contribution in [2.75, 3.05) is 74.8 Å².